The van der Waals surface area contributed by atoms with E-state index in [1.165, 1.54) is 12.5 Å². The molecule has 0 spiro atoms. The Labute approximate surface area is 245 Å². The predicted octanol–water partition coefficient (Wildman–Crippen LogP) is 3.89. The average molecular weight is 596 g/mol. The maximum atomic E-state index is 14.1. The van der Waals surface area contributed by atoms with Crippen molar-refractivity contribution in [1.29, 1.82) is 0 Å². The van der Waals surface area contributed by atoms with Crippen LogP contribution in [0.5, 0.6) is 5.75 Å². The minimum absolute atomic E-state index is 0.0581. The normalized spacial score (nSPS) is 24.5. The first kappa shape index (κ1) is 33.1. The van der Waals surface area contributed by atoms with Gasteiger partial charge in [0.2, 0.25) is 15.9 Å². The van der Waals surface area contributed by atoms with Crippen LogP contribution < -0.4 is 9.46 Å². The van der Waals surface area contributed by atoms with Gasteiger partial charge in [0.1, 0.15) is 5.75 Å². The molecule has 0 unspecified atom stereocenters. The number of fused-ring (bicyclic) bond motifs is 1. The van der Waals surface area contributed by atoms with E-state index in [0.717, 1.165) is 51.2 Å². The van der Waals surface area contributed by atoms with Gasteiger partial charge in [-0.15, -0.1) is 0 Å². The number of hydrogen-bond acceptors (Lipinski definition) is 7. The van der Waals surface area contributed by atoms with Crippen LogP contribution >= 0.6 is 0 Å². The van der Waals surface area contributed by atoms with Crippen molar-refractivity contribution in [3.8, 4) is 5.75 Å². The zero-order chi connectivity index (χ0) is 30.2. The molecule has 11 heteroatoms. The number of aliphatic hydroxyl groups is 1. The fourth-order valence-electron chi connectivity index (χ4n) is 5.68. The third kappa shape index (κ3) is 9.85. The highest BCUT2D eigenvalue weighted by molar-refractivity contribution is 7.92. The number of anilines is 1. The number of likely N-dealkylation sites (N-methyl/N-ethyl adjacent to an activating group) is 1. The predicted molar refractivity (Wildman–Crippen MR) is 160 cm³/mol. The number of carbonyl (C=O) groups is 2. The maximum absolute atomic E-state index is 14.1. The summed E-state index contributed by atoms with van der Waals surface area (Å²) in [5, 5.41) is 10.1. The molecule has 0 radical (unpaired) electrons. The second kappa shape index (κ2) is 15.2. The number of benzene rings is 1. The van der Waals surface area contributed by atoms with Crippen LogP contribution in [0, 0.1) is 11.8 Å². The second-order valence-corrected chi connectivity index (χ2v) is 13.7. The number of aliphatic hydroxyl groups excluding tert-OH is 1. The van der Waals surface area contributed by atoms with E-state index < -0.39 is 16.1 Å². The highest BCUT2D eigenvalue weighted by Gasteiger charge is 2.32. The largest absolute Gasteiger partial charge is 0.490 e. The first-order chi connectivity index (χ1) is 19.4. The van der Waals surface area contributed by atoms with Crippen molar-refractivity contribution in [2.45, 2.75) is 90.4 Å². The number of ether oxygens (including phenoxy) is 2. The zero-order valence-electron chi connectivity index (χ0n) is 25.3. The highest BCUT2D eigenvalue weighted by atomic mass is 32.2. The molecule has 1 heterocycles. The van der Waals surface area contributed by atoms with E-state index >= 15 is 0 Å². The molecule has 2 N–H and O–H groups in total. The number of carbonyl (C=O) groups excluding carboxylic acids is 2. The van der Waals surface area contributed by atoms with Gasteiger partial charge in [-0.3, -0.25) is 14.3 Å². The third-order valence-corrected chi connectivity index (χ3v) is 8.75. The lowest BCUT2D eigenvalue weighted by molar-refractivity contribution is -0.137. The number of sulfonamides is 1. The van der Waals surface area contributed by atoms with Gasteiger partial charge in [0.05, 0.1) is 36.7 Å². The number of amides is 2. The van der Waals surface area contributed by atoms with Crippen molar-refractivity contribution in [3.05, 3.63) is 23.8 Å². The Morgan fingerprint density at radius 3 is 2.49 bits per heavy atom. The van der Waals surface area contributed by atoms with Crippen molar-refractivity contribution >= 4 is 27.5 Å². The number of hydrogen-bond donors (Lipinski definition) is 2. The Morgan fingerprint density at radius 1 is 1.15 bits per heavy atom. The molecule has 1 aromatic carbocycles. The summed E-state index contributed by atoms with van der Waals surface area (Å²) >= 11 is 0. The van der Waals surface area contributed by atoms with Crippen LogP contribution in [0.15, 0.2) is 18.2 Å². The molecule has 0 aromatic heterocycles. The lowest BCUT2D eigenvalue weighted by atomic mass is 9.88. The Kier molecular flexibility index (Phi) is 12.3. The Balaban J connectivity index is 1.92. The zero-order valence-corrected chi connectivity index (χ0v) is 26.1. The molecule has 41 heavy (non-hydrogen) atoms. The smallest absolute Gasteiger partial charge is 0.258 e. The Bertz CT molecular complexity index is 1120. The average Bonchev–Trinajstić information content (AvgIpc) is 2.93. The van der Waals surface area contributed by atoms with E-state index in [-0.39, 0.29) is 60.3 Å². The van der Waals surface area contributed by atoms with E-state index in [9.17, 15) is 23.1 Å². The molecule has 1 aromatic rings. The summed E-state index contributed by atoms with van der Waals surface area (Å²) in [6, 6.07) is 4.17. The number of nitrogens with one attached hydrogen (secondary N) is 1. The van der Waals surface area contributed by atoms with Gasteiger partial charge in [0.15, 0.2) is 0 Å². The molecule has 0 bridgehead atoms. The summed E-state index contributed by atoms with van der Waals surface area (Å²) in [4.78, 5) is 30.7. The topological polar surface area (TPSA) is 125 Å². The van der Waals surface area contributed by atoms with Gasteiger partial charge < -0.3 is 24.4 Å². The first-order valence-corrected chi connectivity index (χ1v) is 16.9. The van der Waals surface area contributed by atoms with Gasteiger partial charge in [-0.1, -0.05) is 26.2 Å². The van der Waals surface area contributed by atoms with Gasteiger partial charge in [-0.25, -0.2) is 8.42 Å². The molecule has 1 aliphatic heterocycles. The van der Waals surface area contributed by atoms with Gasteiger partial charge >= 0.3 is 0 Å². The van der Waals surface area contributed by atoms with Crippen molar-refractivity contribution in [2.75, 3.05) is 44.3 Å². The number of nitrogens with zero attached hydrogens (tertiary/aromatic N) is 2. The van der Waals surface area contributed by atoms with Crippen LogP contribution in [-0.4, -0.2) is 93.0 Å². The molecule has 232 valence electrons. The lowest BCUT2D eigenvalue weighted by Gasteiger charge is -2.36. The molecular weight excluding hydrogens is 546 g/mol. The van der Waals surface area contributed by atoms with Crippen molar-refractivity contribution < 1.29 is 32.6 Å². The van der Waals surface area contributed by atoms with Gasteiger partial charge in [-0.2, -0.15) is 0 Å². The van der Waals surface area contributed by atoms with Crippen molar-refractivity contribution in [2.24, 2.45) is 11.8 Å². The van der Waals surface area contributed by atoms with Crippen LogP contribution in [0.3, 0.4) is 0 Å². The third-order valence-electron chi connectivity index (χ3n) is 8.14. The molecule has 1 fully saturated rings. The van der Waals surface area contributed by atoms with Crippen LogP contribution in [0.2, 0.25) is 0 Å². The first-order valence-electron chi connectivity index (χ1n) is 15.0. The second-order valence-electron chi connectivity index (χ2n) is 11.9. The lowest BCUT2D eigenvalue weighted by Crippen LogP contribution is -2.48. The van der Waals surface area contributed by atoms with Crippen LogP contribution in [-0.2, 0) is 19.6 Å². The minimum atomic E-state index is -3.56. The monoisotopic (exact) mass is 595 g/mol. The van der Waals surface area contributed by atoms with E-state index in [0.29, 0.717) is 18.9 Å². The molecule has 10 nitrogen and oxygen atoms in total. The van der Waals surface area contributed by atoms with Gasteiger partial charge in [0.25, 0.3) is 5.91 Å². The standard InChI is InChI=1S/C30H49N3O7S/c1-21-18-33(22(2)20-34)30(36)26-17-25(31-41(5,37)38)14-15-27(26)40-23(3)11-9-10-16-39-28(21)19-32(4)29(35)24-12-7-6-8-13-24/h14-15,17,21-24,28,31,34H,6-13,16,18-20H2,1-5H3/t21-,22+,23-,28-/m0/s1. The molecule has 3 rings (SSSR count). The van der Waals surface area contributed by atoms with Crippen LogP contribution in [0.25, 0.3) is 0 Å². The number of rotatable bonds is 7. The fourth-order valence-corrected chi connectivity index (χ4v) is 6.24. The molecule has 0 saturated heterocycles. The summed E-state index contributed by atoms with van der Waals surface area (Å²) < 4.78 is 38.8. The van der Waals surface area contributed by atoms with Crippen molar-refractivity contribution in [1.82, 2.24) is 9.80 Å². The summed E-state index contributed by atoms with van der Waals surface area (Å²) in [7, 11) is -1.73. The van der Waals surface area contributed by atoms with E-state index in [1.807, 2.05) is 20.9 Å². The SMILES string of the molecule is C[C@H](CO)N1C[C@H](C)[C@H](CN(C)C(=O)C2CCCCC2)OCCCC[C@H](C)Oc2ccc(NS(C)(=O)=O)cc2C1=O. The quantitative estimate of drug-likeness (QED) is 0.490. The van der Waals surface area contributed by atoms with E-state index in [1.54, 1.807) is 28.9 Å². The van der Waals surface area contributed by atoms with Gasteiger partial charge in [0, 0.05) is 44.3 Å². The molecular formula is C30H49N3O7S. The van der Waals surface area contributed by atoms with Crippen LogP contribution in [0.4, 0.5) is 5.69 Å². The summed E-state index contributed by atoms with van der Waals surface area (Å²) in [6.45, 7) is 6.69. The van der Waals surface area contributed by atoms with E-state index in [4.69, 9.17) is 9.47 Å². The van der Waals surface area contributed by atoms with Gasteiger partial charge in [-0.05, 0) is 64.2 Å². The Morgan fingerprint density at radius 2 is 1.83 bits per heavy atom. The molecule has 4 atom stereocenters. The fraction of sp³-hybridized carbons (Fsp3) is 0.733. The molecule has 1 saturated carbocycles. The van der Waals surface area contributed by atoms with E-state index in [2.05, 4.69) is 4.72 Å². The maximum Gasteiger partial charge on any atom is 0.258 e. The molecule has 2 aliphatic rings. The minimum Gasteiger partial charge on any atom is -0.490 e. The van der Waals surface area contributed by atoms with Crippen molar-refractivity contribution in [3.63, 3.8) is 0 Å². The molecule has 2 amide bonds. The summed E-state index contributed by atoms with van der Waals surface area (Å²) in [5.41, 5.74) is 0.475. The Hall–Kier alpha value is -2.37. The summed E-state index contributed by atoms with van der Waals surface area (Å²) in [5.74, 6) is 0.0514. The molecule has 1 aliphatic carbocycles. The van der Waals surface area contributed by atoms with Crippen LogP contribution in [0.1, 0.15) is 82.5 Å². The summed E-state index contributed by atoms with van der Waals surface area (Å²) in [6.07, 6.45) is 8.21. The highest BCUT2D eigenvalue weighted by Crippen LogP contribution is 2.29.